The van der Waals surface area contributed by atoms with E-state index in [1.807, 2.05) is 31.2 Å². The van der Waals surface area contributed by atoms with Crippen molar-refractivity contribution in [1.82, 2.24) is 4.90 Å². The van der Waals surface area contributed by atoms with Gasteiger partial charge in [-0.1, -0.05) is 0 Å². The SMILES string of the molecule is CC(O)C1CCN(CCOc2ccc(N)cc2)CC1. The van der Waals surface area contributed by atoms with Crippen molar-refractivity contribution >= 4 is 5.69 Å². The molecule has 1 aliphatic rings. The molecular weight excluding hydrogens is 240 g/mol. The van der Waals surface area contributed by atoms with Gasteiger partial charge in [0, 0.05) is 12.2 Å². The first kappa shape index (κ1) is 14.2. The number of piperidine rings is 1. The van der Waals surface area contributed by atoms with Crippen molar-refractivity contribution in [2.75, 3.05) is 32.0 Å². The second kappa shape index (κ2) is 6.78. The molecule has 1 saturated heterocycles. The zero-order valence-electron chi connectivity index (χ0n) is 11.6. The normalized spacial score (nSPS) is 19.3. The van der Waals surface area contributed by atoms with Crippen molar-refractivity contribution in [2.45, 2.75) is 25.9 Å². The Morgan fingerprint density at radius 2 is 1.95 bits per heavy atom. The van der Waals surface area contributed by atoms with Crippen LogP contribution in [0.5, 0.6) is 5.75 Å². The van der Waals surface area contributed by atoms with E-state index in [2.05, 4.69) is 4.90 Å². The minimum absolute atomic E-state index is 0.173. The van der Waals surface area contributed by atoms with E-state index in [4.69, 9.17) is 10.5 Å². The molecule has 2 rings (SSSR count). The number of likely N-dealkylation sites (tertiary alicyclic amines) is 1. The summed E-state index contributed by atoms with van der Waals surface area (Å²) in [5, 5.41) is 9.56. The van der Waals surface area contributed by atoms with Gasteiger partial charge in [-0.25, -0.2) is 0 Å². The topological polar surface area (TPSA) is 58.7 Å². The van der Waals surface area contributed by atoms with Crippen LogP contribution in [-0.2, 0) is 0 Å². The van der Waals surface area contributed by atoms with Crippen molar-refractivity contribution < 1.29 is 9.84 Å². The molecule has 0 spiro atoms. The van der Waals surface area contributed by atoms with Crippen LogP contribution in [0.3, 0.4) is 0 Å². The van der Waals surface area contributed by atoms with E-state index in [-0.39, 0.29) is 6.10 Å². The van der Waals surface area contributed by atoms with Gasteiger partial charge in [0.05, 0.1) is 6.10 Å². The van der Waals surface area contributed by atoms with Gasteiger partial charge in [0.1, 0.15) is 12.4 Å². The quantitative estimate of drug-likeness (QED) is 0.795. The minimum Gasteiger partial charge on any atom is -0.492 e. The van der Waals surface area contributed by atoms with Crippen LogP contribution >= 0.6 is 0 Å². The average molecular weight is 264 g/mol. The molecule has 4 heteroatoms. The van der Waals surface area contributed by atoms with Gasteiger partial charge in [0.25, 0.3) is 0 Å². The van der Waals surface area contributed by atoms with Crippen LogP contribution in [0.25, 0.3) is 0 Å². The van der Waals surface area contributed by atoms with Gasteiger partial charge < -0.3 is 15.6 Å². The molecule has 3 N–H and O–H groups in total. The third-order valence-corrected chi connectivity index (χ3v) is 3.87. The Hall–Kier alpha value is -1.26. The fraction of sp³-hybridized carbons (Fsp3) is 0.600. The molecule has 1 fully saturated rings. The summed E-state index contributed by atoms with van der Waals surface area (Å²) in [5.74, 6) is 1.34. The van der Waals surface area contributed by atoms with E-state index in [0.717, 1.165) is 43.9 Å². The van der Waals surface area contributed by atoms with Gasteiger partial charge >= 0.3 is 0 Å². The number of anilines is 1. The number of nitrogens with two attached hydrogens (primary N) is 1. The zero-order valence-corrected chi connectivity index (χ0v) is 11.6. The predicted molar refractivity (Wildman–Crippen MR) is 77.2 cm³/mol. The third-order valence-electron chi connectivity index (χ3n) is 3.87. The molecule has 1 aromatic rings. The first-order chi connectivity index (χ1) is 9.15. The molecule has 19 heavy (non-hydrogen) atoms. The summed E-state index contributed by atoms with van der Waals surface area (Å²) in [7, 11) is 0. The van der Waals surface area contributed by atoms with Crippen LogP contribution in [0, 0.1) is 5.92 Å². The van der Waals surface area contributed by atoms with Crippen LogP contribution in [0.2, 0.25) is 0 Å². The number of rotatable bonds is 5. The van der Waals surface area contributed by atoms with E-state index in [1.54, 1.807) is 0 Å². The smallest absolute Gasteiger partial charge is 0.119 e. The van der Waals surface area contributed by atoms with E-state index in [0.29, 0.717) is 12.5 Å². The van der Waals surface area contributed by atoms with Gasteiger partial charge in [0.2, 0.25) is 0 Å². The molecule has 0 amide bonds. The zero-order chi connectivity index (χ0) is 13.7. The Morgan fingerprint density at radius 3 is 2.53 bits per heavy atom. The van der Waals surface area contributed by atoms with E-state index < -0.39 is 0 Å². The monoisotopic (exact) mass is 264 g/mol. The number of ether oxygens (including phenoxy) is 1. The predicted octanol–water partition coefficient (Wildman–Crippen LogP) is 1.74. The Morgan fingerprint density at radius 1 is 1.32 bits per heavy atom. The van der Waals surface area contributed by atoms with Crippen LogP contribution < -0.4 is 10.5 Å². The molecule has 1 atom stereocenters. The van der Waals surface area contributed by atoms with Gasteiger partial charge in [-0.3, -0.25) is 4.90 Å². The standard InChI is InChI=1S/C15H24N2O2/c1-12(18)13-6-8-17(9-7-13)10-11-19-15-4-2-14(16)3-5-15/h2-5,12-13,18H,6-11,16H2,1H3. The number of nitrogen functional groups attached to an aromatic ring is 1. The highest BCUT2D eigenvalue weighted by Gasteiger charge is 2.22. The van der Waals surface area contributed by atoms with Crippen molar-refractivity contribution in [2.24, 2.45) is 5.92 Å². The summed E-state index contributed by atoms with van der Waals surface area (Å²) in [6.07, 6.45) is 1.99. The Balaban J connectivity index is 1.65. The van der Waals surface area contributed by atoms with Crippen molar-refractivity contribution in [3.8, 4) is 5.75 Å². The lowest BCUT2D eigenvalue weighted by Gasteiger charge is -2.33. The van der Waals surface area contributed by atoms with Crippen LogP contribution in [0.1, 0.15) is 19.8 Å². The second-order valence-electron chi connectivity index (χ2n) is 5.34. The first-order valence-electron chi connectivity index (χ1n) is 7.04. The number of aliphatic hydroxyl groups excluding tert-OH is 1. The fourth-order valence-corrected chi connectivity index (χ4v) is 2.52. The highest BCUT2D eigenvalue weighted by Crippen LogP contribution is 2.20. The first-order valence-corrected chi connectivity index (χ1v) is 7.04. The Bertz CT molecular complexity index is 370. The summed E-state index contributed by atoms with van der Waals surface area (Å²) in [6, 6.07) is 7.50. The van der Waals surface area contributed by atoms with Crippen LogP contribution in [0.15, 0.2) is 24.3 Å². The van der Waals surface area contributed by atoms with Crippen LogP contribution in [0.4, 0.5) is 5.69 Å². The molecule has 0 saturated carbocycles. The van der Waals surface area contributed by atoms with Crippen LogP contribution in [-0.4, -0.2) is 42.4 Å². The van der Waals surface area contributed by atoms with Gasteiger partial charge in [-0.05, 0) is 63.0 Å². The third kappa shape index (κ3) is 4.40. The number of nitrogens with zero attached hydrogens (tertiary/aromatic N) is 1. The molecule has 1 unspecified atom stereocenters. The Labute approximate surface area is 115 Å². The molecular formula is C15H24N2O2. The maximum absolute atomic E-state index is 9.56. The number of hydrogen-bond acceptors (Lipinski definition) is 4. The highest BCUT2D eigenvalue weighted by atomic mass is 16.5. The molecule has 1 aliphatic heterocycles. The molecule has 1 heterocycles. The number of aliphatic hydroxyl groups is 1. The summed E-state index contributed by atoms with van der Waals surface area (Å²) in [6.45, 7) is 5.64. The molecule has 106 valence electrons. The summed E-state index contributed by atoms with van der Waals surface area (Å²) in [4.78, 5) is 2.40. The number of hydrogen-bond donors (Lipinski definition) is 2. The molecule has 0 radical (unpaired) electrons. The van der Waals surface area contributed by atoms with E-state index >= 15 is 0 Å². The lowest BCUT2D eigenvalue weighted by Crippen LogP contribution is -2.39. The molecule has 0 aliphatic carbocycles. The summed E-state index contributed by atoms with van der Waals surface area (Å²) in [5.41, 5.74) is 6.38. The van der Waals surface area contributed by atoms with Gasteiger partial charge in [-0.2, -0.15) is 0 Å². The summed E-state index contributed by atoms with van der Waals surface area (Å²) < 4.78 is 5.69. The molecule has 0 bridgehead atoms. The number of benzene rings is 1. The fourth-order valence-electron chi connectivity index (χ4n) is 2.52. The average Bonchev–Trinajstić information content (AvgIpc) is 2.41. The van der Waals surface area contributed by atoms with Crippen molar-refractivity contribution in [3.63, 3.8) is 0 Å². The Kier molecular flexibility index (Phi) is 5.05. The summed E-state index contributed by atoms with van der Waals surface area (Å²) >= 11 is 0. The maximum Gasteiger partial charge on any atom is 0.119 e. The lowest BCUT2D eigenvalue weighted by atomic mass is 9.92. The molecule has 0 aromatic heterocycles. The van der Waals surface area contributed by atoms with E-state index in [1.165, 1.54) is 0 Å². The molecule has 4 nitrogen and oxygen atoms in total. The second-order valence-corrected chi connectivity index (χ2v) is 5.34. The van der Waals surface area contributed by atoms with Gasteiger partial charge in [0.15, 0.2) is 0 Å². The maximum atomic E-state index is 9.56. The van der Waals surface area contributed by atoms with Crippen molar-refractivity contribution in [1.29, 1.82) is 0 Å². The lowest BCUT2D eigenvalue weighted by molar-refractivity contribution is 0.0672. The van der Waals surface area contributed by atoms with E-state index in [9.17, 15) is 5.11 Å². The highest BCUT2D eigenvalue weighted by molar-refractivity contribution is 5.41. The van der Waals surface area contributed by atoms with Crippen molar-refractivity contribution in [3.05, 3.63) is 24.3 Å². The van der Waals surface area contributed by atoms with Gasteiger partial charge in [-0.15, -0.1) is 0 Å². The largest absolute Gasteiger partial charge is 0.492 e. The molecule has 1 aromatic carbocycles. The minimum atomic E-state index is -0.173.